The monoisotopic (exact) mass is 867 g/mol. The third kappa shape index (κ3) is 5.61. The van der Waals surface area contributed by atoms with Crippen molar-refractivity contribution in [3.05, 3.63) is 142 Å². The van der Waals surface area contributed by atoms with Crippen molar-refractivity contribution in [2.75, 3.05) is 9.71 Å². The number of nitrogens with zero attached hydrogens (tertiary/aromatic N) is 2. The maximum Gasteiger partial charge on any atom is 0.329 e. The molecule has 0 amide bonds. The Morgan fingerprint density at radius 3 is 1.89 bits per heavy atom. The molecule has 1 fully saturated rings. The Kier molecular flexibility index (Phi) is 8.57. The minimum atomic E-state index is -0.218. The van der Waals surface area contributed by atoms with Gasteiger partial charge in [-0.25, -0.2) is 0 Å². The Labute approximate surface area is 397 Å². The molecule has 12 rings (SSSR count). The average Bonchev–Trinajstić information content (AvgIpc) is 3.66. The van der Waals surface area contributed by atoms with E-state index in [9.17, 15) is 0 Å². The number of benzene rings is 6. The van der Waals surface area contributed by atoms with E-state index in [2.05, 4.69) is 204 Å². The van der Waals surface area contributed by atoms with E-state index in [4.69, 9.17) is 0 Å². The molecule has 0 N–H and O–H groups in total. The van der Waals surface area contributed by atoms with Gasteiger partial charge in [-0.05, 0) is 168 Å². The predicted molar refractivity (Wildman–Crippen MR) is 284 cm³/mol. The minimum absolute atomic E-state index is 0.00294. The first kappa shape index (κ1) is 42.3. The van der Waals surface area contributed by atoms with Crippen LogP contribution in [0.15, 0.2) is 97.1 Å². The lowest BCUT2D eigenvalue weighted by molar-refractivity contribution is 0.293. The van der Waals surface area contributed by atoms with Crippen LogP contribution in [-0.4, -0.2) is 12.9 Å². The van der Waals surface area contributed by atoms with Gasteiger partial charge in [-0.1, -0.05) is 164 Å². The second kappa shape index (κ2) is 13.4. The van der Waals surface area contributed by atoms with Crippen molar-refractivity contribution < 1.29 is 0 Å². The van der Waals surface area contributed by atoms with Crippen LogP contribution in [0.25, 0.3) is 33.4 Å². The molecule has 1 saturated carbocycles. The van der Waals surface area contributed by atoms with Crippen LogP contribution in [0.1, 0.15) is 173 Å². The van der Waals surface area contributed by atoms with Crippen molar-refractivity contribution in [1.29, 1.82) is 0 Å². The van der Waals surface area contributed by atoms with E-state index < -0.39 is 0 Å². The smallest absolute Gasteiger partial charge is 0.329 e. The van der Waals surface area contributed by atoms with Crippen molar-refractivity contribution >= 4 is 40.5 Å². The first-order chi connectivity index (χ1) is 31.0. The van der Waals surface area contributed by atoms with Crippen molar-refractivity contribution in [3.8, 4) is 33.4 Å². The number of aryl methyl sites for hydroxylation is 1. The van der Waals surface area contributed by atoms with Gasteiger partial charge < -0.3 is 9.71 Å². The van der Waals surface area contributed by atoms with Gasteiger partial charge in [0.1, 0.15) is 0 Å². The Hall–Kier alpha value is -5.02. The summed E-state index contributed by atoms with van der Waals surface area (Å²) in [6.45, 7) is 34.5. The molecule has 3 heteroatoms. The van der Waals surface area contributed by atoms with E-state index in [0.29, 0.717) is 6.04 Å². The molecule has 0 aromatic heterocycles. The van der Waals surface area contributed by atoms with Crippen LogP contribution in [0, 0.1) is 6.92 Å². The van der Waals surface area contributed by atoms with E-state index in [1.807, 2.05) is 0 Å². The largest absolute Gasteiger partial charge is 0.402 e. The Balaban J connectivity index is 1.22. The molecule has 6 aromatic rings. The van der Waals surface area contributed by atoms with Crippen LogP contribution in [0.3, 0.4) is 0 Å². The van der Waals surface area contributed by atoms with Crippen molar-refractivity contribution in [2.45, 2.75) is 174 Å². The number of hydrogen-bond donors (Lipinski definition) is 0. The van der Waals surface area contributed by atoms with Crippen LogP contribution in [0.5, 0.6) is 0 Å². The number of fused-ring (bicyclic) bond motifs is 12. The lowest BCUT2D eigenvalue weighted by Crippen LogP contribution is -2.67. The lowest BCUT2D eigenvalue weighted by Gasteiger charge is -2.50. The molecule has 0 radical (unpaired) electrons. The maximum atomic E-state index is 3.05. The molecule has 0 saturated heterocycles. The number of anilines is 4. The van der Waals surface area contributed by atoms with E-state index in [0.717, 1.165) is 0 Å². The van der Waals surface area contributed by atoms with Crippen LogP contribution in [0.4, 0.5) is 22.7 Å². The first-order valence-corrected chi connectivity index (χ1v) is 25.5. The van der Waals surface area contributed by atoms with Crippen LogP contribution in [-0.2, 0) is 32.5 Å². The minimum Gasteiger partial charge on any atom is -0.402 e. The van der Waals surface area contributed by atoms with Gasteiger partial charge in [0.25, 0.3) is 0 Å². The summed E-state index contributed by atoms with van der Waals surface area (Å²) in [5, 5.41) is 0. The summed E-state index contributed by atoms with van der Waals surface area (Å²) in [4.78, 5) is 5.78. The van der Waals surface area contributed by atoms with Crippen LogP contribution < -0.4 is 20.6 Å². The third-order valence-electron chi connectivity index (χ3n) is 18.2. The fourth-order valence-corrected chi connectivity index (χ4v) is 14.3. The van der Waals surface area contributed by atoms with Gasteiger partial charge in [0.05, 0.1) is 5.69 Å². The molecule has 3 heterocycles. The summed E-state index contributed by atoms with van der Waals surface area (Å²) >= 11 is 0. The molecule has 2 atom stereocenters. The second-order valence-corrected chi connectivity index (χ2v) is 25.8. The summed E-state index contributed by atoms with van der Waals surface area (Å²) in [5.41, 5.74) is 28.9. The normalized spacial score (nSPS) is 22.2. The van der Waals surface area contributed by atoms with Crippen molar-refractivity contribution in [2.24, 2.45) is 0 Å². The highest BCUT2D eigenvalue weighted by molar-refractivity contribution is 6.93. The fraction of sp³-hybridized carbons (Fsp3) is 0.429. The van der Waals surface area contributed by atoms with E-state index >= 15 is 0 Å². The van der Waals surface area contributed by atoms with Gasteiger partial charge in [0, 0.05) is 45.1 Å². The molecule has 6 aromatic carbocycles. The highest BCUT2D eigenvalue weighted by Gasteiger charge is 2.59. The van der Waals surface area contributed by atoms with Gasteiger partial charge in [0.2, 0.25) is 0 Å². The average molecular weight is 867 g/mol. The SMILES string of the molecule is Cc1cc2c3c(c1)N(c1ccc(C(C)(C)C)cc1-c1ccccc1)c1ccc4c(c1B3N1c3c-2cc(C(C)(C)C)cc3C2(C)CCCCC12)C(C)(C)c1cc2c(cc1-4)C(C)(C)CCC2(C)C. The summed E-state index contributed by atoms with van der Waals surface area (Å²) in [5.74, 6) is 0. The molecule has 2 unspecified atom stereocenters. The summed E-state index contributed by atoms with van der Waals surface area (Å²) in [7, 11) is 0. The Morgan fingerprint density at radius 1 is 0.530 bits per heavy atom. The highest BCUT2D eigenvalue weighted by atomic mass is 15.2. The lowest BCUT2D eigenvalue weighted by atomic mass is 9.41. The van der Waals surface area contributed by atoms with Crippen LogP contribution >= 0.6 is 0 Å². The molecular weight excluding hydrogens is 796 g/mol. The zero-order chi connectivity index (χ0) is 46.4. The Morgan fingerprint density at radius 2 is 1.20 bits per heavy atom. The summed E-state index contributed by atoms with van der Waals surface area (Å²) in [6.07, 6.45) is 7.48. The molecule has 3 aliphatic heterocycles. The third-order valence-corrected chi connectivity index (χ3v) is 18.2. The standard InChI is InChI=1S/C63H71BN2/c1-37-30-44-45-33-40(59(5,6)7)34-49-57(45)66(53-22-18-19-27-63(49,53)14)64-55(44)52(31-37)65(50-25-23-39(58(2,3)4)32-42(50)38-20-16-15-17-21-38)51-26-24-41-43-35-47-48(61(10,11)29-28-60(47,8)9)36-46(43)62(12,13)54(41)56(51)64/h15-17,20-21,23-26,30-36,53H,18-19,22,27-29H2,1-14H3. The van der Waals surface area contributed by atoms with Gasteiger partial charge in [-0.3, -0.25) is 0 Å². The molecule has 3 aliphatic carbocycles. The summed E-state index contributed by atoms with van der Waals surface area (Å²) in [6, 6.07) is 39.9. The van der Waals surface area contributed by atoms with Gasteiger partial charge in [0.15, 0.2) is 0 Å². The molecule has 66 heavy (non-hydrogen) atoms. The molecular formula is C63H71BN2. The number of rotatable bonds is 2. The molecule has 6 aliphatic rings. The van der Waals surface area contributed by atoms with E-state index in [1.54, 1.807) is 16.7 Å². The van der Waals surface area contributed by atoms with Crippen molar-refractivity contribution in [3.63, 3.8) is 0 Å². The molecule has 2 nitrogen and oxygen atoms in total. The van der Waals surface area contributed by atoms with Crippen molar-refractivity contribution in [1.82, 2.24) is 0 Å². The quantitative estimate of drug-likeness (QED) is 0.160. The number of hydrogen-bond acceptors (Lipinski definition) is 2. The first-order valence-electron chi connectivity index (χ1n) is 25.5. The topological polar surface area (TPSA) is 6.48 Å². The zero-order valence-corrected chi connectivity index (χ0v) is 42.5. The zero-order valence-electron chi connectivity index (χ0n) is 42.5. The van der Waals surface area contributed by atoms with E-state index in [1.165, 1.54) is 133 Å². The molecule has 0 bridgehead atoms. The second-order valence-electron chi connectivity index (χ2n) is 25.8. The Bertz CT molecular complexity index is 3080. The van der Waals surface area contributed by atoms with Crippen LogP contribution in [0.2, 0.25) is 0 Å². The van der Waals surface area contributed by atoms with Gasteiger partial charge in [-0.2, -0.15) is 0 Å². The fourth-order valence-electron chi connectivity index (χ4n) is 14.3. The predicted octanol–water partition coefficient (Wildman–Crippen LogP) is 15.5. The van der Waals surface area contributed by atoms with Gasteiger partial charge in [-0.15, -0.1) is 0 Å². The van der Waals surface area contributed by atoms with E-state index in [-0.39, 0.29) is 39.3 Å². The van der Waals surface area contributed by atoms with Gasteiger partial charge >= 0.3 is 6.85 Å². The molecule has 336 valence electrons. The summed E-state index contributed by atoms with van der Waals surface area (Å²) < 4.78 is 0. The maximum absolute atomic E-state index is 3.05. The molecule has 0 spiro atoms. The highest BCUT2D eigenvalue weighted by Crippen LogP contribution is 2.61.